The quantitative estimate of drug-likeness (QED) is 0.220. The van der Waals surface area contributed by atoms with Gasteiger partial charge in [-0.25, -0.2) is 27.2 Å². The molecule has 0 aliphatic carbocycles. The Morgan fingerprint density at radius 3 is 2.18 bits per heavy atom. The lowest BCUT2D eigenvalue weighted by atomic mass is 10.0. The summed E-state index contributed by atoms with van der Waals surface area (Å²) >= 11 is 0. The third kappa shape index (κ3) is 6.06. The van der Waals surface area contributed by atoms with Crippen LogP contribution in [0.5, 0.6) is 5.75 Å². The summed E-state index contributed by atoms with van der Waals surface area (Å²) in [5, 5.41) is 0. The van der Waals surface area contributed by atoms with Crippen molar-refractivity contribution in [2.24, 2.45) is 0 Å². The second-order valence-corrected chi connectivity index (χ2v) is 10.8. The standard InChI is InChI=1S/C33H31F3N4O5/c1-37(2)16-24-23(21-13-11-20(12-14-21)15-22(41)19-44-3)17-38-31(24)32(42)40(28-9-6-10-29(45-4)30(28)36)33(43)39(38)18-25-26(34)7-5-8-27(25)35/h5-14,17H,15-16,18-19H2,1-4H3. The molecule has 0 aliphatic rings. The third-order valence-corrected chi connectivity index (χ3v) is 7.39. The van der Waals surface area contributed by atoms with Gasteiger partial charge in [-0.3, -0.25) is 14.1 Å². The minimum Gasteiger partial charge on any atom is -0.494 e. The van der Waals surface area contributed by atoms with E-state index in [-0.39, 0.29) is 42.3 Å². The Morgan fingerprint density at radius 1 is 0.889 bits per heavy atom. The highest BCUT2D eigenvalue weighted by Crippen LogP contribution is 2.30. The molecule has 0 spiro atoms. The topological polar surface area (TPSA) is 87.2 Å². The average molecular weight is 621 g/mol. The van der Waals surface area contributed by atoms with Crippen LogP contribution in [-0.4, -0.2) is 59.4 Å². The van der Waals surface area contributed by atoms with Crippen LogP contribution in [0.2, 0.25) is 0 Å². The van der Waals surface area contributed by atoms with E-state index in [2.05, 4.69) is 0 Å². The van der Waals surface area contributed by atoms with Gasteiger partial charge < -0.3 is 14.4 Å². The van der Waals surface area contributed by atoms with Gasteiger partial charge >= 0.3 is 5.69 Å². The highest BCUT2D eigenvalue weighted by Gasteiger charge is 2.25. The summed E-state index contributed by atoms with van der Waals surface area (Å²) in [5.74, 6) is -3.02. The molecule has 2 heterocycles. The number of methoxy groups -OCH3 is 2. The fourth-order valence-electron chi connectivity index (χ4n) is 5.33. The maximum atomic E-state index is 15.6. The van der Waals surface area contributed by atoms with Gasteiger partial charge in [0.15, 0.2) is 17.3 Å². The van der Waals surface area contributed by atoms with Crippen molar-refractivity contribution in [3.63, 3.8) is 0 Å². The summed E-state index contributed by atoms with van der Waals surface area (Å²) < 4.78 is 58.2. The first-order valence-electron chi connectivity index (χ1n) is 14.0. The Kier molecular flexibility index (Phi) is 9.07. The summed E-state index contributed by atoms with van der Waals surface area (Å²) in [6.45, 7) is -0.391. The summed E-state index contributed by atoms with van der Waals surface area (Å²) in [7, 11) is 6.29. The number of nitrogens with zero attached hydrogens (tertiary/aromatic N) is 4. The molecule has 5 rings (SSSR count). The number of benzene rings is 3. The number of aromatic nitrogens is 3. The Morgan fingerprint density at radius 2 is 1.56 bits per heavy atom. The number of Topliss-reactive ketones (excluding diaryl/α,β-unsaturated/α-hetero) is 1. The predicted octanol–water partition coefficient (Wildman–Crippen LogP) is 4.21. The van der Waals surface area contributed by atoms with Crippen LogP contribution in [0.3, 0.4) is 0 Å². The molecule has 5 aromatic rings. The molecule has 9 nitrogen and oxygen atoms in total. The lowest BCUT2D eigenvalue weighted by Crippen LogP contribution is -2.43. The first-order valence-corrected chi connectivity index (χ1v) is 14.0. The van der Waals surface area contributed by atoms with Gasteiger partial charge in [-0.2, -0.15) is 0 Å². The largest absolute Gasteiger partial charge is 0.494 e. The van der Waals surface area contributed by atoms with E-state index in [4.69, 9.17) is 9.47 Å². The first kappa shape index (κ1) is 31.5. The molecule has 0 unspecified atom stereocenters. The molecule has 0 fully saturated rings. The molecule has 234 valence electrons. The molecule has 3 aromatic carbocycles. The van der Waals surface area contributed by atoms with E-state index in [0.717, 1.165) is 22.4 Å². The van der Waals surface area contributed by atoms with Crippen LogP contribution < -0.4 is 16.0 Å². The maximum Gasteiger partial charge on any atom is 0.351 e. The fourth-order valence-corrected chi connectivity index (χ4v) is 5.33. The zero-order chi connectivity index (χ0) is 32.4. The molecule has 12 heteroatoms. The van der Waals surface area contributed by atoms with E-state index in [1.54, 1.807) is 44.6 Å². The number of hydrogen-bond acceptors (Lipinski definition) is 6. The van der Waals surface area contributed by atoms with Crippen LogP contribution in [0.1, 0.15) is 16.7 Å². The van der Waals surface area contributed by atoms with Crippen LogP contribution in [0.15, 0.2) is 76.4 Å². The SMILES string of the molecule is COCC(=O)Cc1ccc(-c2cn3c(c2CN(C)C)c(=O)n(-c2cccc(OC)c2F)c(=O)n3Cc2c(F)cccc2F)cc1. The van der Waals surface area contributed by atoms with E-state index in [1.807, 2.05) is 4.90 Å². The smallest absolute Gasteiger partial charge is 0.351 e. The van der Waals surface area contributed by atoms with Crippen molar-refractivity contribution in [1.82, 2.24) is 18.7 Å². The van der Waals surface area contributed by atoms with Crippen LogP contribution in [-0.2, 0) is 29.0 Å². The zero-order valence-electron chi connectivity index (χ0n) is 25.1. The first-order chi connectivity index (χ1) is 21.5. The molecular formula is C33H31F3N4O5. The molecular weight excluding hydrogens is 589 g/mol. The predicted molar refractivity (Wildman–Crippen MR) is 163 cm³/mol. The molecule has 0 bridgehead atoms. The lowest BCUT2D eigenvalue weighted by Gasteiger charge is -2.17. The Hall–Kier alpha value is -4.94. The number of hydrogen-bond donors (Lipinski definition) is 0. The Labute approximate surface area is 256 Å². The van der Waals surface area contributed by atoms with E-state index in [9.17, 15) is 23.2 Å². The average Bonchev–Trinajstić information content (AvgIpc) is 3.36. The number of ether oxygens (including phenoxy) is 2. The van der Waals surface area contributed by atoms with Crippen molar-refractivity contribution in [3.05, 3.63) is 122 Å². The van der Waals surface area contributed by atoms with Gasteiger partial charge in [-0.15, -0.1) is 0 Å². The van der Waals surface area contributed by atoms with Crippen molar-refractivity contribution < 1.29 is 27.4 Å². The van der Waals surface area contributed by atoms with Crippen LogP contribution in [0.25, 0.3) is 22.3 Å². The second kappa shape index (κ2) is 13.0. The summed E-state index contributed by atoms with van der Waals surface area (Å²) in [5.41, 5.74) is -0.166. The van der Waals surface area contributed by atoms with Gasteiger partial charge in [0.05, 0.1) is 19.3 Å². The van der Waals surface area contributed by atoms with Gasteiger partial charge in [0.25, 0.3) is 5.56 Å². The molecule has 45 heavy (non-hydrogen) atoms. The minimum atomic E-state index is -1.02. The molecule has 0 atom stereocenters. The van der Waals surface area contributed by atoms with Crippen molar-refractivity contribution in [2.75, 3.05) is 34.9 Å². The van der Waals surface area contributed by atoms with E-state index >= 15 is 4.39 Å². The number of ketones is 1. The van der Waals surface area contributed by atoms with Gasteiger partial charge in [-0.05, 0) is 49.5 Å². The third-order valence-electron chi connectivity index (χ3n) is 7.39. The van der Waals surface area contributed by atoms with Crippen molar-refractivity contribution in [3.8, 4) is 22.6 Å². The van der Waals surface area contributed by atoms with Crippen molar-refractivity contribution >= 4 is 11.3 Å². The number of carbonyl (C=O) groups excluding carboxylic acids is 1. The number of halogens is 3. The van der Waals surface area contributed by atoms with E-state index in [0.29, 0.717) is 21.3 Å². The molecule has 0 aliphatic heterocycles. The van der Waals surface area contributed by atoms with Crippen LogP contribution in [0.4, 0.5) is 13.2 Å². The molecule has 2 aromatic heterocycles. The normalized spacial score (nSPS) is 11.5. The van der Waals surface area contributed by atoms with Crippen molar-refractivity contribution in [1.29, 1.82) is 0 Å². The molecule has 0 N–H and O–H groups in total. The monoisotopic (exact) mass is 620 g/mol. The summed E-state index contributed by atoms with van der Waals surface area (Å²) in [6, 6.07) is 14.5. The summed E-state index contributed by atoms with van der Waals surface area (Å²) in [4.78, 5) is 42.2. The maximum absolute atomic E-state index is 15.6. The van der Waals surface area contributed by atoms with Gasteiger partial charge in [0.1, 0.15) is 23.8 Å². The summed E-state index contributed by atoms with van der Waals surface area (Å²) in [6.07, 6.45) is 1.72. The molecule has 0 amide bonds. The van der Waals surface area contributed by atoms with Gasteiger partial charge in [0, 0.05) is 43.0 Å². The van der Waals surface area contributed by atoms with Gasteiger partial charge in [0.2, 0.25) is 0 Å². The molecule has 0 saturated heterocycles. The number of carbonyl (C=O) groups is 1. The van der Waals surface area contributed by atoms with E-state index in [1.165, 1.54) is 43.0 Å². The highest BCUT2D eigenvalue weighted by molar-refractivity contribution is 5.82. The second-order valence-electron chi connectivity index (χ2n) is 10.8. The van der Waals surface area contributed by atoms with Gasteiger partial charge in [-0.1, -0.05) is 36.4 Å². The fraction of sp³-hybridized carbons (Fsp3) is 0.242. The highest BCUT2D eigenvalue weighted by atomic mass is 19.1. The number of fused-ring (bicyclic) bond motifs is 1. The Bertz CT molecular complexity index is 1990. The molecule has 0 saturated carbocycles. The molecule has 0 radical (unpaired) electrons. The Balaban J connectivity index is 1.83. The van der Waals surface area contributed by atoms with Crippen LogP contribution >= 0.6 is 0 Å². The lowest BCUT2D eigenvalue weighted by molar-refractivity contribution is -0.121. The minimum absolute atomic E-state index is 0.0108. The van der Waals surface area contributed by atoms with Crippen LogP contribution in [0, 0.1) is 17.5 Å². The zero-order valence-corrected chi connectivity index (χ0v) is 25.1. The van der Waals surface area contributed by atoms with Crippen molar-refractivity contribution in [2.45, 2.75) is 19.5 Å². The van der Waals surface area contributed by atoms with E-state index < -0.39 is 40.8 Å². The number of rotatable bonds is 11.